The lowest BCUT2D eigenvalue weighted by Crippen LogP contribution is -2.49. The summed E-state index contributed by atoms with van der Waals surface area (Å²) in [5, 5.41) is 6.54. The van der Waals surface area contributed by atoms with Gasteiger partial charge in [-0.3, -0.25) is 4.79 Å². The van der Waals surface area contributed by atoms with Gasteiger partial charge in [0.2, 0.25) is 5.91 Å². The fraction of sp³-hybridized carbons (Fsp3) is 0.933. The van der Waals surface area contributed by atoms with Crippen LogP contribution in [0.1, 0.15) is 32.6 Å². The molecule has 3 unspecified atom stereocenters. The third-order valence-corrected chi connectivity index (χ3v) is 4.51. The van der Waals surface area contributed by atoms with Gasteiger partial charge >= 0.3 is 0 Å². The molecule has 2 rings (SSSR count). The van der Waals surface area contributed by atoms with Crippen molar-refractivity contribution in [1.82, 2.24) is 15.5 Å². The maximum atomic E-state index is 12.3. The van der Waals surface area contributed by atoms with E-state index >= 15 is 0 Å². The van der Waals surface area contributed by atoms with Crippen molar-refractivity contribution in [1.29, 1.82) is 0 Å². The number of likely N-dealkylation sites (tertiary alicyclic amines) is 1. The van der Waals surface area contributed by atoms with Crippen molar-refractivity contribution in [3.8, 4) is 0 Å². The molecule has 0 aliphatic carbocycles. The second-order valence-electron chi connectivity index (χ2n) is 6.08. The van der Waals surface area contributed by atoms with Crippen molar-refractivity contribution >= 4 is 5.91 Å². The number of nitrogens with zero attached hydrogens (tertiary/aromatic N) is 1. The van der Waals surface area contributed by atoms with Gasteiger partial charge in [-0.15, -0.1) is 0 Å². The second-order valence-corrected chi connectivity index (χ2v) is 6.08. The van der Waals surface area contributed by atoms with Gasteiger partial charge in [-0.25, -0.2) is 0 Å². The highest BCUT2D eigenvalue weighted by Gasteiger charge is 2.33. The Morgan fingerprint density at radius 2 is 2.20 bits per heavy atom. The lowest BCUT2D eigenvalue weighted by molar-refractivity contribution is -0.125. The second kappa shape index (κ2) is 7.96. The molecule has 20 heavy (non-hydrogen) atoms. The fourth-order valence-electron chi connectivity index (χ4n) is 3.10. The van der Waals surface area contributed by atoms with Gasteiger partial charge in [0.15, 0.2) is 0 Å². The molecule has 0 saturated carbocycles. The fourth-order valence-corrected chi connectivity index (χ4v) is 3.10. The van der Waals surface area contributed by atoms with Gasteiger partial charge in [-0.2, -0.15) is 0 Å². The van der Waals surface area contributed by atoms with Crippen molar-refractivity contribution in [2.45, 2.75) is 44.7 Å². The smallest absolute Gasteiger partial charge is 0.227 e. The lowest BCUT2D eigenvalue weighted by atomic mass is 10.0. The molecule has 116 valence electrons. The van der Waals surface area contributed by atoms with Crippen LogP contribution < -0.4 is 10.6 Å². The summed E-state index contributed by atoms with van der Waals surface area (Å²) in [6, 6.07) is 0.677. The standard InChI is InChI=1S/C15H29N3O2/c1-3-7-16-14-11-20-10-13(14)15(19)17-9-12-6-4-5-8-18(12)2/h12-14,16H,3-11H2,1-2H3,(H,17,19). The molecule has 2 aliphatic heterocycles. The van der Waals surface area contributed by atoms with Crippen molar-refractivity contribution in [3.63, 3.8) is 0 Å². The molecule has 0 aromatic rings. The van der Waals surface area contributed by atoms with E-state index in [-0.39, 0.29) is 17.9 Å². The van der Waals surface area contributed by atoms with E-state index in [2.05, 4.69) is 29.5 Å². The van der Waals surface area contributed by atoms with Crippen LogP contribution in [-0.4, -0.2) is 62.8 Å². The third kappa shape index (κ3) is 4.17. The van der Waals surface area contributed by atoms with Gasteiger partial charge in [-0.05, 0) is 39.4 Å². The zero-order valence-corrected chi connectivity index (χ0v) is 12.9. The van der Waals surface area contributed by atoms with E-state index in [1.54, 1.807) is 0 Å². The van der Waals surface area contributed by atoms with Crippen LogP contribution in [0.3, 0.4) is 0 Å². The van der Waals surface area contributed by atoms with Gasteiger partial charge < -0.3 is 20.3 Å². The summed E-state index contributed by atoms with van der Waals surface area (Å²) in [5.41, 5.74) is 0. The molecule has 0 aromatic heterocycles. The molecule has 0 spiro atoms. The Morgan fingerprint density at radius 1 is 1.35 bits per heavy atom. The lowest BCUT2D eigenvalue weighted by Gasteiger charge is -2.32. The average molecular weight is 283 g/mol. The van der Waals surface area contributed by atoms with Crippen LogP contribution in [0.5, 0.6) is 0 Å². The Bertz CT molecular complexity index is 311. The quantitative estimate of drug-likeness (QED) is 0.749. The van der Waals surface area contributed by atoms with Crippen molar-refractivity contribution < 1.29 is 9.53 Å². The third-order valence-electron chi connectivity index (χ3n) is 4.51. The molecule has 0 aromatic carbocycles. The summed E-state index contributed by atoms with van der Waals surface area (Å²) >= 11 is 0. The minimum Gasteiger partial charge on any atom is -0.379 e. The van der Waals surface area contributed by atoms with E-state index in [0.717, 1.165) is 26.1 Å². The molecule has 0 bridgehead atoms. The zero-order valence-electron chi connectivity index (χ0n) is 12.9. The van der Waals surface area contributed by atoms with Crippen LogP contribution in [0.4, 0.5) is 0 Å². The number of likely N-dealkylation sites (N-methyl/N-ethyl adjacent to an activating group) is 1. The number of carbonyl (C=O) groups excluding carboxylic acids is 1. The summed E-state index contributed by atoms with van der Waals surface area (Å²) in [7, 11) is 2.15. The van der Waals surface area contributed by atoms with Crippen molar-refractivity contribution in [2.24, 2.45) is 5.92 Å². The molecule has 1 amide bonds. The topological polar surface area (TPSA) is 53.6 Å². The van der Waals surface area contributed by atoms with Gasteiger partial charge in [0.1, 0.15) is 0 Å². The molecule has 2 aliphatic rings. The summed E-state index contributed by atoms with van der Waals surface area (Å²) in [5.74, 6) is 0.116. The SMILES string of the molecule is CCCNC1COCC1C(=O)NCC1CCCCN1C. The normalized spacial score (nSPS) is 31.4. The predicted octanol–water partition coefficient (Wildman–Crippen LogP) is 0.602. The van der Waals surface area contributed by atoms with E-state index < -0.39 is 0 Å². The van der Waals surface area contributed by atoms with Crippen molar-refractivity contribution in [2.75, 3.05) is 39.9 Å². The number of hydrogen-bond acceptors (Lipinski definition) is 4. The van der Waals surface area contributed by atoms with Crippen molar-refractivity contribution in [3.05, 3.63) is 0 Å². The minimum absolute atomic E-state index is 0.0320. The van der Waals surface area contributed by atoms with E-state index in [1.165, 1.54) is 19.3 Å². The van der Waals surface area contributed by atoms with E-state index in [0.29, 0.717) is 19.3 Å². The average Bonchev–Trinajstić information content (AvgIpc) is 2.92. The van der Waals surface area contributed by atoms with E-state index in [4.69, 9.17) is 4.74 Å². The van der Waals surface area contributed by atoms with Gasteiger partial charge in [0.25, 0.3) is 0 Å². The maximum Gasteiger partial charge on any atom is 0.227 e. The molecule has 0 radical (unpaired) electrons. The first-order chi connectivity index (χ1) is 9.72. The number of hydrogen-bond donors (Lipinski definition) is 2. The monoisotopic (exact) mass is 283 g/mol. The molecule has 2 fully saturated rings. The van der Waals surface area contributed by atoms with Crippen LogP contribution >= 0.6 is 0 Å². The Balaban J connectivity index is 1.75. The largest absolute Gasteiger partial charge is 0.379 e. The zero-order chi connectivity index (χ0) is 14.4. The van der Waals surface area contributed by atoms with E-state index in [9.17, 15) is 4.79 Å². The van der Waals surface area contributed by atoms with E-state index in [1.807, 2.05) is 0 Å². The first kappa shape index (κ1) is 15.7. The highest BCUT2D eigenvalue weighted by atomic mass is 16.5. The Morgan fingerprint density at radius 3 is 2.95 bits per heavy atom. The number of ether oxygens (including phenoxy) is 1. The first-order valence-electron chi connectivity index (χ1n) is 8.01. The van der Waals surface area contributed by atoms with Crippen LogP contribution in [0.25, 0.3) is 0 Å². The summed E-state index contributed by atoms with van der Waals surface area (Å²) < 4.78 is 5.47. The predicted molar refractivity (Wildman–Crippen MR) is 79.7 cm³/mol. The molecule has 2 saturated heterocycles. The molecule has 5 heteroatoms. The molecular formula is C15H29N3O2. The molecular weight excluding hydrogens is 254 g/mol. The Hall–Kier alpha value is -0.650. The first-order valence-corrected chi connectivity index (χ1v) is 8.01. The summed E-state index contributed by atoms with van der Waals surface area (Å²) in [6.45, 7) is 6.20. The number of amides is 1. The number of carbonyl (C=O) groups is 1. The molecule has 5 nitrogen and oxygen atoms in total. The molecule has 2 N–H and O–H groups in total. The van der Waals surface area contributed by atoms with Gasteiger partial charge in [-0.1, -0.05) is 13.3 Å². The van der Waals surface area contributed by atoms with Crippen LogP contribution in [-0.2, 0) is 9.53 Å². The van der Waals surface area contributed by atoms with Gasteiger partial charge in [0.05, 0.1) is 19.1 Å². The Labute approximate surface area is 122 Å². The maximum absolute atomic E-state index is 12.3. The number of piperidine rings is 1. The van der Waals surface area contributed by atoms with Gasteiger partial charge in [0, 0.05) is 18.6 Å². The minimum atomic E-state index is -0.0320. The van der Waals surface area contributed by atoms with Crippen LogP contribution in [0, 0.1) is 5.92 Å². The van der Waals surface area contributed by atoms with Crippen LogP contribution in [0.15, 0.2) is 0 Å². The van der Waals surface area contributed by atoms with Crippen LogP contribution in [0.2, 0.25) is 0 Å². The number of rotatable bonds is 6. The summed E-state index contributed by atoms with van der Waals surface area (Å²) in [6.07, 6.45) is 4.83. The Kier molecular flexibility index (Phi) is 6.26. The highest BCUT2D eigenvalue weighted by Crippen LogP contribution is 2.16. The molecule has 3 atom stereocenters. The summed E-state index contributed by atoms with van der Waals surface area (Å²) in [4.78, 5) is 14.7. The highest BCUT2D eigenvalue weighted by molar-refractivity contribution is 5.79. The molecule has 2 heterocycles. The number of nitrogens with one attached hydrogen (secondary N) is 2.